The summed E-state index contributed by atoms with van der Waals surface area (Å²) in [6, 6.07) is 67.3. The Morgan fingerprint density at radius 2 is 0.811 bits per heavy atom. The zero-order valence-electron chi connectivity index (χ0n) is 28.7. The summed E-state index contributed by atoms with van der Waals surface area (Å²) in [7, 11) is 0. The second-order valence-corrected chi connectivity index (χ2v) is 13.8. The molecule has 11 rings (SSSR count). The molecule has 0 amide bonds. The first-order valence-electron chi connectivity index (χ1n) is 18.1. The molecule has 2 heterocycles. The molecule has 246 valence electrons. The third-order valence-corrected chi connectivity index (χ3v) is 10.8. The lowest BCUT2D eigenvalue weighted by atomic mass is 9.93. The highest BCUT2D eigenvalue weighted by Gasteiger charge is 2.17. The highest BCUT2D eigenvalue weighted by atomic mass is 15.0. The van der Waals surface area contributed by atoms with Gasteiger partial charge in [0, 0.05) is 33.0 Å². The summed E-state index contributed by atoms with van der Waals surface area (Å²) in [6.07, 6.45) is 0. The van der Waals surface area contributed by atoms with Crippen molar-refractivity contribution < 1.29 is 0 Å². The van der Waals surface area contributed by atoms with Gasteiger partial charge in [0.15, 0.2) is 5.82 Å². The average Bonchev–Trinajstić information content (AvgIpc) is 3.56. The molecule has 0 aliphatic heterocycles. The Kier molecular flexibility index (Phi) is 6.55. The van der Waals surface area contributed by atoms with Gasteiger partial charge in [0.25, 0.3) is 0 Å². The fourth-order valence-corrected chi connectivity index (χ4v) is 8.28. The predicted octanol–water partition coefficient (Wildman–Crippen LogP) is 13.2. The lowest BCUT2D eigenvalue weighted by Crippen LogP contribution is -1.97. The normalized spacial score (nSPS) is 11.8. The molecule has 11 aromatic rings. The van der Waals surface area contributed by atoms with Crippen LogP contribution in [0.1, 0.15) is 0 Å². The first kappa shape index (κ1) is 29.6. The van der Waals surface area contributed by atoms with E-state index >= 15 is 0 Å². The van der Waals surface area contributed by atoms with Crippen LogP contribution in [0, 0.1) is 0 Å². The number of nitrogens with zero attached hydrogens (tertiary/aromatic N) is 3. The maximum absolute atomic E-state index is 5.21. The zero-order valence-corrected chi connectivity index (χ0v) is 28.7. The van der Waals surface area contributed by atoms with Crippen molar-refractivity contribution >= 4 is 65.0 Å². The number of fused-ring (bicyclic) bond motifs is 10. The van der Waals surface area contributed by atoms with E-state index in [4.69, 9.17) is 9.97 Å². The number of para-hydroxylation sites is 2. The van der Waals surface area contributed by atoms with Gasteiger partial charge in [0.05, 0.1) is 22.2 Å². The van der Waals surface area contributed by atoms with Gasteiger partial charge in [-0.3, -0.25) is 0 Å². The molecule has 0 saturated carbocycles. The number of benzene rings is 9. The third kappa shape index (κ3) is 4.68. The van der Waals surface area contributed by atoms with Crippen LogP contribution in [0.25, 0.3) is 104 Å². The van der Waals surface area contributed by atoms with Crippen molar-refractivity contribution in [2.24, 2.45) is 0 Å². The van der Waals surface area contributed by atoms with Crippen molar-refractivity contribution in [3.05, 3.63) is 188 Å². The molecule has 9 aromatic carbocycles. The largest absolute Gasteiger partial charge is 0.309 e. The second kappa shape index (κ2) is 11.7. The Morgan fingerprint density at radius 3 is 1.51 bits per heavy atom. The van der Waals surface area contributed by atoms with Crippen LogP contribution in [-0.4, -0.2) is 14.5 Å². The van der Waals surface area contributed by atoms with Gasteiger partial charge in [0.2, 0.25) is 0 Å². The van der Waals surface area contributed by atoms with Gasteiger partial charge in [-0.05, 0) is 92.0 Å². The molecular formula is C50H31N3. The van der Waals surface area contributed by atoms with Crippen molar-refractivity contribution in [2.45, 2.75) is 0 Å². The average molecular weight is 674 g/mol. The lowest BCUT2D eigenvalue weighted by Gasteiger charge is -2.13. The van der Waals surface area contributed by atoms with E-state index in [2.05, 4.69) is 180 Å². The van der Waals surface area contributed by atoms with Crippen LogP contribution in [0.4, 0.5) is 0 Å². The molecule has 3 heteroatoms. The van der Waals surface area contributed by atoms with Gasteiger partial charge in [-0.1, -0.05) is 140 Å². The smallest absolute Gasteiger partial charge is 0.160 e. The van der Waals surface area contributed by atoms with Gasteiger partial charge in [-0.25, -0.2) is 9.97 Å². The van der Waals surface area contributed by atoms with Gasteiger partial charge < -0.3 is 4.57 Å². The van der Waals surface area contributed by atoms with E-state index in [1.165, 1.54) is 65.3 Å². The molecule has 0 radical (unpaired) electrons. The Balaban J connectivity index is 1.06. The molecule has 0 unspecified atom stereocenters. The quantitative estimate of drug-likeness (QED) is 0.174. The molecule has 0 fully saturated rings. The van der Waals surface area contributed by atoms with Crippen molar-refractivity contribution in [1.29, 1.82) is 0 Å². The third-order valence-electron chi connectivity index (χ3n) is 10.8. The molecule has 2 aromatic heterocycles. The minimum absolute atomic E-state index is 0.712. The van der Waals surface area contributed by atoms with Crippen LogP contribution >= 0.6 is 0 Å². The molecule has 0 atom stereocenters. The van der Waals surface area contributed by atoms with E-state index in [1.54, 1.807) is 0 Å². The molecule has 53 heavy (non-hydrogen) atoms. The maximum Gasteiger partial charge on any atom is 0.160 e. The van der Waals surface area contributed by atoms with Gasteiger partial charge in [-0.2, -0.15) is 0 Å². The van der Waals surface area contributed by atoms with E-state index in [-0.39, 0.29) is 0 Å². The lowest BCUT2D eigenvalue weighted by molar-refractivity contribution is 1.18. The highest BCUT2D eigenvalue weighted by molar-refractivity contribution is 6.28. The summed E-state index contributed by atoms with van der Waals surface area (Å²) < 4.78 is 2.40. The van der Waals surface area contributed by atoms with Crippen LogP contribution in [0.5, 0.6) is 0 Å². The van der Waals surface area contributed by atoms with Crippen LogP contribution in [-0.2, 0) is 0 Å². The fourth-order valence-electron chi connectivity index (χ4n) is 8.28. The first-order valence-corrected chi connectivity index (χ1v) is 18.1. The SMILES string of the molecule is c1ccc(-c2ccc(-c3nc(-c4ccc(-n5c6ccccc6c6cc7c8ccccc8c8ccccc8c7cc65)cc4)nc4ccccc34)cc2)cc1. The van der Waals surface area contributed by atoms with Crippen molar-refractivity contribution in [2.75, 3.05) is 0 Å². The minimum atomic E-state index is 0.712. The minimum Gasteiger partial charge on any atom is -0.309 e. The van der Waals surface area contributed by atoms with E-state index in [0.29, 0.717) is 5.82 Å². The molecular weight excluding hydrogens is 643 g/mol. The summed E-state index contributed by atoms with van der Waals surface area (Å²) in [5.74, 6) is 0.712. The first-order chi connectivity index (χ1) is 26.3. The second-order valence-electron chi connectivity index (χ2n) is 13.8. The fraction of sp³-hybridized carbons (Fsp3) is 0. The summed E-state index contributed by atoms with van der Waals surface area (Å²) in [4.78, 5) is 10.3. The van der Waals surface area contributed by atoms with E-state index in [0.717, 1.165) is 33.4 Å². The molecule has 0 bridgehead atoms. The summed E-state index contributed by atoms with van der Waals surface area (Å²) in [5.41, 5.74) is 9.76. The Bertz CT molecular complexity index is 3190. The van der Waals surface area contributed by atoms with Crippen molar-refractivity contribution in [3.8, 4) is 39.5 Å². The zero-order chi connectivity index (χ0) is 34.9. The van der Waals surface area contributed by atoms with Crippen molar-refractivity contribution in [3.63, 3.8) is 0 Å². The van der Waals surface area contributed by atoms with Crippen LogP contribution in [0.3, 0.4) is 0 Å². The monoisotopic (exact) mass is 673 g/mol. The Labute approximate surface area is 306 Å². The number of rotatable bonds is 4. The van der Waals surface area contributed by atoms with E-state index < -0.39 is 0 Å². The Morgan fingerprint density at radius 1 is 0.302 bits per heavy atom. The summed E-state index contributed by atoms with van der Waals surface area (Å²) >= 11 is 0. The summed E-state index contributed by atoms with van der Waals surface area (Å²) in [5, 5.41) is 11.2. The molecule has 0 spiro atoms. The van der Waals surface area contributed by atoms with Crippen LogP contribution < -0.4 is 0 Å². The molecule has 0 aliphatic carbocycles. The van der Waals surface area contributed by atoms with E-state index in [9.17, 15) is 0 Å². The van der Waals surface area contributed by atoms with E-state index in [1.807, 2.05) is 12.1 Å². The molecule has 3 nitrogen and oxygen atoms in total. The van der Waals surface area contributed by atoms with Crippen LogP contribution in [0.2, 0.25) is 0 Å². The van der Waals surface area contributed by atoms with Gasteiger partial charge in [-0.15, -0.1) is 0 Å². The van der Waals surface area contributed by atoms with Gasteiger partial charge in [0.1, 0.15) is 0 Å². The number of aromatic nitrogens is 3. The Hall–Kier alpha value is -7.10. The molecule has 0 aliphatic rings. The highest BCUT2D eigenvalue weighted by Crippen LogP contribution is 2.41. The number of hydrogen-bond donors (Lipinski definition) is 0. The maximum atomic E-state index is 5.21. The summed E-state index contributed by atoms with van der Waals surface area (Å²) in [6.45, 7) is 0. The van der Waals surface area contributed by atoms with Crippen molar-refractivity contribution in [1.82, 2.24) is 14.5 Å². The topological polar surface area (TPSA) is 30.7 Å². The van der Waals surface area contributed by atoms with Crippen LogP contribution in [0.15, 0.2) is 188 Å². The van der Waals surface area contributed by atoms with Gasteiger partial charge >= 0.3 is 0 Å². The molecule has 0 saturated heterocycles. The molecule has 0 N–H and O–H groups in total. The number of hydrogen-bond acceptors (Lipinski definition) is 2. The standard InChI is InChI=1S/C50H31N3/c1-2-12-32(13-3-1)33-22-24-34(25-23-33)49-42-19-8-10-20-46(42)51-50(52-49)35-26-28-36(29-27-35)53-47-21-11-9-18-41(47)45-30-43-39-16-6-4-14-37(39)38-15-5-7-17-40(38)44(43)31-48(45)53/h1-31H. The predicted molar refractivity (Wildman–Crippen MR) is 223 cm³/mol.